The maximum Gasteiger partial charge on any atom is 0.335 e. The lowest BCUT2D eigenvalue weighted by Crippen LogP contribution is -2.67. The van der Waals surface area contributed by atoms with Crippen LogP contribution in [0.15, 0.2) is 11.6 Å². The van der Waals surface area contributed by atoms with Crippen LogP contribution >= 0.6 is 0 Å². The first-order valence-corrected chi connectivity index (χ1v) is 24.3. The average molecular weight is 957 g/mol. The topological polar surface area (TPSA) is 312 Å². The van der Waals surface area contributed by atoms with Crippen LogP contribution in [0.4, 0.5) is 0 Å². The molecular formula is C48H76O19. The van der Waals surface area contributed by atoms with E-state index in [0.717, 1.165) is 38.5 Å². The van der Waals surface area contributed by atoms with E-state index in [-0.39, 0.29) is 39.4 Å². The van der Waals surface area contributed by atoms with E-state index in [9.17, 15) is 65.8 Å². The minimum atomic E-state index is -1.91. The first kappa shape index (κ1) is 51.4. The van der Waals surface area contributed by atoms with Gasteiger partial charge in [0.1, 0.15) is 67.1 Å². The lowest BCUT2D eigenvalue weighted by Gasteiger charge is -2.71. The third-order valence-electron chi connectivity index (χ3n) is 19.3. The van der Waals surface area contributed by atoms with Crippen molar-refractivity contribution in [2.24, 2.45) is 50.2 Å². The van der Waals surface area contributed by atoms with E-state index in [4.69, 9.17) is 28.4 Å². The third-order valence-corrected chi connectivity index (χ3v) is 19.3. The number of aliphatic hydroxyl groups excluding tert-OH is 10. The summed E-state index contributed by atoms with van der Waals surface area (Å²) in [6.45, 7) is 14.4. The molecule has 0 amide bonds. The molecule has 23 atom stereocenters. The Balaban J connectivity index is 1.01. The molecule has 19 nitrogen and oxygen atoms in total. The van der Waals surface area contributed by atoms with Gasteiger partial charge in [-0.25, -0.2) is 4.79 Å². The van der Waals surface area contributed by atoms with Gasteiger partial charge in [0.25, 0.3) is 0 Å². The van der Waals surface area contributed by atoms with Gasteiger partial charge in [-0.05, 0) is 109 Å². The van der Waals surface area contributed by atoms with Gasteiger partial charge in [-0.1, -0.05) is 60.1 Å². The monoisotopic (exact) mass is 956 g/mol. The van der Waals surface area contributed by atoms with Crippen molar-refractivity contribution in [1.82, 2.24) is 0 Å². The Bertz CT molecular complexity index is 1870. The van der Waals surface area contributed by atoms with Gasteiger partial charge < -0.3 is 84.6 Å². The van der Waals surface area contributed by atoms with Crippen molar-refractivity contribution >= 4 is 11.9 Å². The van der Waals surface area contributed by atoms with Gasteiger partial charge in [0, 0.05) is 0 Å². The smallest absolute Gasteiger partial charge is 0.335 e. The van der Waals surface area contributed by atoms with E-state index in [2.05, 4.69) is 54.5 Å². The van der Waals surface area contributed by atoms with Crippen LogP contribution in [0.5, 0.6) is 0 Å². The summed E-state index contributed by atoms with van der Waals surface area (Å²) in [5.74, 6) is -1.88. The predicted octanol–water partition coefficient (Wildman–Crippen LogP) is 0.233. The molecule has 4 saturated carbocycles. The molecule has 67 heavy (non-hydrogen) atoms. The molecule has 3 aliphatic heterocycles. The summed E-state index contributed by atoms with van der Waals surface area (Å²) in [6, 6.07) is 0. The van der Waals surface area contributed by atoms with Crippen molar-refractivity contribution in [1.29, 1.82) is 0 Å². The SMILES string of the molecule is CC1(C)CC[C@]2(C(=O)O[C@@H]3O[C@H](CO)[C@@H](O)[C@H](O)[C@H]3O)CC[C@]3(C)C(=CCC4[C@@]5(C)CC[C@H](O[C@@H]6O[C@H](C(=O)O)[C@@H](O[C@@H]7O[C@H](CO)[C@@H](O)[C@H](O)[C@H]7O)[C@H](O)[C@H]6O)C(C)(C)C5CC[C@]43C)C2C1. The number of fused-ring (bicyclic) bond motifs is 7. The second-order valence-electron chi connectivity index (χ2n) is 23.5. The zero-order chi connectivity index (χ0) is 49.1. The molecule has 0 aromatic rings. The Morgan fingerprint density at radius 3 is 1.82 bits per heavy atom. The number of carboxylic acid groups (broad SMARTS) is 1. The summed E-state index contributed by atoms with van der Waals surface area (Å²) < 4.78 is 35.0. The third kappa shape index (κ3) is 8.06. The van der Waals surface area contributed by atoms with E-state index in [1.54, 1.807) is 0 Å². The average Bonchev–Trinajstić information content (AvgIpc) is 3.26. The highest BCUT2D eigenvalue weighted by molar-refractivity contribution is 5.79. The lowest BCUT2D eigenvalue weighted by molar-refractivity contribution is -0.363. The van der Waals surface area contributed by atoms with Crippen LogP contribution in [0.2, 0.25) is 0 Å². The number of esters is 1. The Labute approximate surface area is 391 Å². The van der Waals surface area contributed by atoms with Crippen molar-refractivity contribution in [2.45, 2.75) is 211 Å². The number of aliphatic carboxylic acids is 1. The van der Waals surface area contributed by atoms with Crippen molar-refractivity contribution in [3.05, 3.63) is 11.6 Å². The molecule has 5 aliphatic carbocycles. The molecule has 3 unspecified atom stereocenters. The summed E-state index contributed by atoms with van der Waals surface area (Å²) in [7, 11) is 0. The van der Waals surface area contributed by atoms with Gasteiger partial charge in [0.15, 0.2) is 18.7 Å². The van der Waals surface area contributed by atoms with Gasteiger partial charge >= 0.3 is 11.9 Å². The van der Waals surface area contributed by atoms with Crippen LogP contribution in [-0.4, -0.2) is 180 Å². The number of allylic oxidation sites excluding steroid dienone is 2. The second kappa shape index (κ2) is 18.0. The van der Waals surface area contributed by atoms with Crippen molar-refractivity contribution in [3.63, 3.8) is 0 Å². The van der Waals surface area contributed by atoms with Gasteiger partial charge in [-0.15, -0.1) is 0 Å². The number of carbonyl (C=O) groups excluding carboxylic acids is 1. The van der Waals surface area contributed by atoms with Crippen molar-refractivity contribution < 1.29 is 94.2 Å². The van der Waals surface area contributed by atoms with Crippen LogP contribution < -0.4 is 0 Å². The summed E-state index contributed by atoms with van der Waals surface area (Å²) in [6.07, 6.45) is -16.3. The molecule has 0 bridgehead atoms. The molecule has 3 saturated heterocycles. The van der Waals surface area contributed by atoms with E-state index in [0.29, 0.717) is 25.7 Å². The normalized spacial score (nSPS) is 52.6. The number of hydrogen-bond acceptors (Lipinski definition) is 18. The molecule has 8 aliphatic rings. The van der Waals surface area contributed by atoms with Gasteiger partial charge in [-0.2, -0.15) is 0 Å². The Morgan fingerprint density at radius 2 is 1.21 bits per heavy atom. The largest absolute Gasteiger partial charge is 0.479 e. The second-order valence-corrected chi connectivity index (χ2v) is 23.5. The number of rotatable bonds is 9. The minimum Gasteiger partial charge on any atom is -0.479 e. The first-order chi connectivity index (χ1) is 31.2. The maximum absolute atomic E-state index is 14.7. The van der Waals surface area contributed by atoms with E-state index >= 15 is 0 Å². The number of aliphatic hydroxyl groups is 10. The highest BCUT2D eigenvalue weighted by Gasteiger charge is 2.70. The number of ether oxygens (including phenoxy) is 6. The molecule has 7 fully saturated rings. The molecular weight excluding hydrogens is 881 g/mol. The summed E-state index contributed by atoms with van der Waals surface area (Å²) in [5, 5.41) is 115. The van der Waals surface area contributed by atoms with Gasteiger partial charge in [0.05, 0.1) is 24.7 Å². The highest BCUT2D eigenvalue weighted by Crippen LogP contribution is 2.76. The minimum absolute atomic E-state index is 0.0745. The summed E-state index contributed by atoms with van der Waals surface area (Å²) in [5.41, 5.74) is -0.914. The van der Waals surface area contributed by atoms with Crippen molar-refractivity contribution in [2.75, 3.05) is 13.2 Å². The Kier molecular flexibility index (Phi) is 13.8. The van der Waals surface area contributed by atoms with Crippen LogP contribution in [-0.2, 0) is 38.0 Å². The standard InChI is InChI=1S/C48H76O19/c1-43(2)14-16-48(42(61)67-40-34(57)31(54)29(52)24(20-50)63-40)17-15-46(6)21(22(48)18-43)8-9-26-45(5)12-11-27(44(3,4)25(45)10-13-47(26,46)7)64-41-35(58)32(55)36(37(66-41)38(59)60)65-39-33(56)30(53)28(51)23(19-49)62-39/h8,22-37,39-41,49-58H,9-20H2,1-7H3,(H,59,60)/t22?,23-,24-,25?,26?,27+,28-,29-,30+,31+,32-,33-,34-,35-,36+,37+,39+,40+,41-,45+,46-,47-,48+/m1/s1. The maximum atomic E-state index is 14.7. The summed E-state index contributed by atoms with van der Waals surface area (Å²) in [4.78, 5) is 27.3. The number of hydrogen-bond donors (Lipinski definition) is 11. The number of carbonyl (C=O) groups is 2. The van der Waals surface area contributed by atoms with Crippen molar-refractivity contribution in [3.8, 4) is 0 Å². The predicted molar refractivity (Wildman–Crippen MR) is 231 cm³/mol. The molecule has 11 N–H and O–H groups in total. The zero-order valence-corrected chi connectivity index (χ0v) is 39.7. The molecule has 382 valence electrons. The molecule has 3 heterocycles. The molecule has 19 heteroatoms. The molecule has 0 aromatic heterocycles. The van der Waals surface area contributed by atoms with Gasteiger partial charge in [-0.3, -0.25) is 4.79 Å². The fourth-order valence-electron chi connectivity index (χ4n) is 15.0. The van der Waals surface area contributed by atoms with Crippen LogP contribution in [0, 0.1) is 50.2 Å². The Morgan fingerprint density at radius 1 is 0.642 bits per heavy atom. The summed E-state index contributed by atoms with van der Waals surface area (Å²) >= 11 is 0. The lowest BCUT2D eigenvalue weighted by atomic mass is 9.33. The van der Waals surface area contributed by atoms with Crippen LogP contribution in [0.3, 0.4) is 0 Å². The van der Waals surface area contributed by atoms with E-state index in [1.165, 1.54) is 5.57 Å². The quantitative estimate of drug-likeness (QED) is 0.0838. The molecule has 0 spiro atoms. The van der Waals surface area contributed by atoms with Crippen LogP contribution in [0.1, 0.15) is 113 Å². The van der Waals surface area contributed by atoms with Gasteiger partial charge in [0.2, 0.25) is 6.29 Å². The van der Waals surface area contributed by atoms with Crippen LogP contribution in [0.25, 0.3) is 0 Å². The first-order valence-electron chi connectivity index (χ1n) is 24.3. The number of carboxylic acids is 1. The fourth-order valence-corrected chi connectivity index (χ4v) is 15.0. The molecule has 0 aromatic carbocycles. The van der Waals surface area contributed by atoms with E-state index in [1.807, 2.05) is 0 Å². The molecule has 0 radical (unpaired) electrons. The fraction of sp³-hybridized carbons (Fsp3) is 0.917. The Hall–Kier alpha value is -1.92. The van der Waals surface area contributed by atoms with E-state index < -0.39 is 134 Å². The highest BCUT2D eigenvalue weighted by atomic mass is 16.7. The molecule has 8 rings (SSSR count). The zero-order valence-electron chi connectivity index (χ0n) is 39.7.